The largest absolute Gasteiger partial charge is 0.393 e. The molecule has 0 aromatic carbocycles. The number of hydrogen-bond acceptors (Lipinski definition) is 4. The van der Waals surface area contributed by atoms with E-state index in [1.165, 1.54) is 0 Å². The Morgan fingerprint density at radius 3 is 0.933 bits per heavy atom. The first-order valence-electron chi connectivity index (χ1n) is 5.48. The lowest BCUT2D eigenvalue weighted by Gasteiger charge is -2.04. The molecule has 0 radical (unpaired) electrons. The van der Waals surface area contributed by atoms with Crippen LogP contribution in [0.5, 0.6) is 0 Å². The lowest BCUT2D eigenvalue weighted by molar-refractivity contribution is 0.102. The summed E-state index contributed by atoms with van der Waals surface area (Å²) >= 11 is 0. The summed E-state index contributed by atoms with van der Waals surface area (Å²) in [5, 5.41) is 34.5. The van der Waals surface area contributed by atoms with Gasteiger partial charge in [0.25, 0.3) is 0 Å². The van der Waals surface area contributed by atoms with Crippen molar-refractivity contribution in [1.29, 1.82) is 0 Å². The standard InChI is InChI=1S/C6H14O2.C5H12O2/c1-5(7)3-4-6(2)8;1-4(6)3-5(2)7/h5-8H,3-4H2,1-2H3;4-7H,3H2,1-2H3. The van der Waals surface area contributed by atoms with Gasteiger partial charge in [0.05, 0.1) is 24.4 Å². The fraction of sp³-hybridized carbons (Fsp3) is 1.00. The van der Waals surface area contributed by atoms with Gasteiger partial charge in [-0.15, -0.1) is 0 Å². The lowest BCUT2D eigenvalue weighted by atomic mass is 10.1. The van der Waals surface area contributed by atoms with Crippen molar-refractivity contribution in [3.8, 4) is 0 Å². The number of hydrogen-bond donors (Lipinski definition) is 4. The third-order valence-corrected chi connectivity index (χ3v) is 1.68. The van der Waals surface area contributed by atoms with Gasteiger partial charge in [0.1, 0.15) is 0 Å². The lowest BCUT2D eigenvalue weighted by Crippen LogP contribution is -2.10. The summed E-state index contributed by atoms with van der Waals surface area (Å²) in [5.41, 5.74) is 0. The van der Waals surface area contributed by atoms with Gasteiger partial charge in [-0.3, -0.25) is 0 Å². The quantitative estimate of drug-likeness (QED) is 0.551. The van der Waals surface area contributed by atoms with E-state index in [2.05, 4.69) is 0 Å². The minimum Gasteiger partial charge on any atom is -0.393 e. The van der Waals surface area contributed by atoms with Gasteiger partial charge >= 0.3 is 0 Å². The number of rotatable bonds is 5. The molecule has 4 atom stereocenters. The Balaban J connectivity index is 0. The predicted octanol–water partition coefficient (Wildman–Crippen LogP) is 0.666. The zero-order chi connectivity index (χ0) is 12.4. The first-order chi connectivity index (χ1) is 6.75. The number of aliphatic hydroxyl groups is 4. The molecule has 0 spiro atoms. The van der Waals surface area contributed by atoms with E-state index in [-0.39, 0.29) is 24.4 Å². The molecule has 0 aliphatic rings. The summed E-state index contributed by atoms with van der Waals surface area (Å²) in [4.78, 5) is 0. The van der Waals surface area contributed by atoms with E-state index in [0.29, 0.717) is 19.3 Å². The van der Waals surface area contributed by atoms with Crippen LogP contribution in [0, 0.1) is 0 Å². The third-order valence-electron chi connectivity index (χ3n) is 1.68. The van der Waals surface area contributed by atoms with Gasteiger partial charge in [-0.1, -0.05) is 0 Å². The molecule has 0 heterocycles. The number of aliphatic hydroxyl groups excluding tert-OH is 4. The molecule has 4 heteroatoms. The molecule has 4 nitrogen and oxygen atoms in total. The van der Waals surface area contributed by atoms with Crippen LogP contribution in [0.3, 0.4) is 0 Å². The van der Waals surface area contributed by atoms with Gasteiger partial charge in [0.15, 0.2) is 0 Å². The predicted molar refractivity (Wildman–Crippen MR) is 60.6 cm³/mol. The van der Waals surface area contributed by atoms with Crippen LogP contribution < -0.4 is 0 Å². The van der Waals surface area contributed by atoms with E-state index in [4.69, 9.17) is 20.4 Å². The van der Waals surface area contributed by atoms with Gasteiger partial charge in [-0.2, -0.15) is 0 Å². The molecule has 0 aliphatic carbocycles. The average Bonchev–Trinajstić information content (AvgIpc) is 1.99. The highest BCUT2D eigenvalue weighted by Gasteiger charge is 1.99. The Morgan fingerprint density at radius 1 is 0.600 bits per heavy atom. The molecule has 0 bridgehead atoms. The minimum absolute atomic E-state index is 0.274. The van der Waals surface area contributed by atoms with E-state index in [1.807, 2.05) is 0 Å². The van der Waals surface area contributed by atoms with Crippen molar-refractivity contribution < 1.29 is 20.4 Å². The van der Waals surface area contributed by atoms with Crippen LogP contribution in [-0.2, 0) is 0 Å². The molecule has 0 aromatic rings. The molecular weight excluding hydrogens is 196 g/mol. The van der Waals surface area contributed by atoms with E-state index >= 15 is 0 Å². The molecule has 0 saturated heterocycles. The Hall–Kier alpha value is -0.160. The second kappa shape index (κ2) is 10.4. The first kappa shape index (κ1) is 17.2. The van der Waals surface area contributed by atoms with E-state index in [9.17, 15) is 0 Å². The van der Waals surface area contributed by atoms with Gasteiger partial charge in [0, 0.05) is 0 Å². The zero-order valence-electron chi connectivity index (χ0n) is 10.2. The van der Waals surface area contributed by atoms with Crippen molar-refractivity contribution in [2.75, 3.05) is 0 Å². The second-order valence-electron chi connectivity index (χ2n) is 4.21. The smallest absolute Gasteiger partial charge is 0.0536 e. The zero-order valence-corrected chi connectivity index (χ0v) is 10.2. The highest BCUT2D eigenvalue weighted by atomic mass is 16.3. The molecule has 0 rings (SSSR count). The van der Waals surface area contributed by atoms with Crippen LogP contribution in [0.4, 0.5) is 0 Å². The summed E-state index contributed by atoms with van der Waals surface area (Å²) in [6.07, 6.45) is 0.559. The van der Waals surface area contributed by atoms with Crippen LogP contribution in [0.25, 0.3) is 0 Å². The molecule has 94 valence electrons. The van der Waals surface area contributed by atoms with Crippen molar-refractivity contribution in [2.24, 2.45) is 0 Å². The van der Waals surface area contributed by atoms with Crippen molar-refractivity contribution in [2.45, 2.75) is 71.4 Å². The second-order valence-corrected chi connectivity index (χ2v) is 4.21. The molecule has 0 amide bonds. The van der Waals surface area contributed by atoms with Crippen LogP contribution in [0.2, 0.25) is 0 Å². The van der Waals surface area contributed by atoms with Crippen LogP contribution in [-0.4, -0.2) is 44.8 Å². The normalized spacial score (nSPS) is 18.4. The molecule has 4 N–H and O–H groups in total. The van der Waals surface area contributed by atoms with Crippen LogP contribution >= 0.6 is 0 Å². The first-order valence-corrected chi connectivity index (χ1v) is 5.48. The fourth-order valence-corrected chi connectivity index (χ4v) is 0.976. The van der Waals surface area contributed by atoms with E-state index in [1.54, 1.807) is 27.7 Å². The maximum Gasteiger partial charge on any atom is 0.0536 e. The monoisotopic (exact) mass is 222 g/mol. The Labute approximate surface area is 92.6 Å². The Bertz CT molecular complexity index is 108. The summed E-state index contributed by atoms with van der Waals surface area (Å²) in [6, 6.07) is 0. The van der Waals surface area contributed by atoms with Gasteiger partial charge < -0.3 is 20.4 Å². The third kappa shape index (κ3) is 24.8. The maximum absolute atomic E-state index is 8.69. The molecular formula is C11H26O4. The highest BCUT2D eigenvalue weighted by Crippen LogP contribution is 1.98. The van der Waals surface area contributed by atoms with Crippen LogP contribution in [0.1, 0.15) is 47.0 Å². The Morgan fingerprint density at radius 2 is 0.867 bits per heavy atom. The summed E-state index contributed by atoms with van der Waals surface area (Å²) < 4.78 is 0. The van der Waals surface area contributed by atoms with E-state index in [0.717, 1.165) is 0 Å². The maximum atomic E-state index is 8.69. The van der Waals surface area contributed by atoms with Gasteiger partial charge in [-0.05, 0) is 47.0 Å². The molecule has 0 fully saturated rings. The molecule has 15 heavy (non-hydrogen) atoms. The average molecular weight is 222 g/mol. The van der Waals surface area contributed by atoms with Gasteiger partial charge in [-0.25, -0.2) is 0 Å². The van der Waals surface area contributed by atoms with Crippen molar-refractivity contribution in [3.05, 3.63) is 0 Å². The summed E-state index contributed by atoms with van der Waals surface area (Å²) in [5.74, 6) is 0. The SMILES string of the molecule is CC(O)CC(C)O.CC(O)CCC(C)O. The van der Waals surface area contributed by atoms with E-state index < -0.39 is 0 Å². The molecule has 4 unspecified atom stereocenters. The Kier molecular flexibility index (Phi) is 11.9. The molecule has 0 saturated carbocycles. The highest BCUT2D eigenvalue weighted by molar-refractivity contribution is 4.51. The minimum atomic E-state index is -0.375. The van der Waals surface area contributed by atoms with Crippen molar-refractivity contribution >= 4 is 0 Å². The molecule has 0 aliphatic heterocycles. The van der Waals surface area contributed by atoms with Crippen molar-refractivity contribution in [1.82, 2.24) is 0 Å². The summed E-state index contributed by atoms with van der Waals surface area (Å²) in [6.45, 7) is 6.77. The van der Waals surface area contributed by atoms with Crippen molar-refractivity contribution in [3.63, 3.8) is 0 Å². The van der Waals surface area contributed by atoms with Gasteiger partial charge in [0.2, 0.25) is 0 Å². The summed E-state index contributed by atoms with van der Waals surface area (Å²) in [7, 11) is 0. The molecule has 0 aromatic heterocycles. The fourth-order valence-electron chi connectivity index (χ4n) is 0.976. The van der Waals surface area contributed by atoms with Crippen LogP contribution in [0.15, 0.2) is 0 Å². The topological polar surface area (TPSA) is 80.9 Å².